The molecule has 0 aromatic carbocycles. The van der Waals surface area contributed by atoms with Gasteiger partial charge < -0.3 is 20.7 Å². The van der Waals surface area contributed by atoms with Crippen LogP contribution in [-0.2, 0) is 23.9 Å². The number of carbonyl (C=O) groups is 4. The average molecular weight is 287 g/mol. The number of hydrogen-bond acceptors (Lipinski definition) is 6. The summed E-state index contributed by atoms with van der Waals surface area (Å²) < 4.78 is 4.72. The number of nitrogens with two attached hydrogens (primary N) is 1. The zero-order chi connectivity index (χ0) is 15.7. The summed E-state index contributed by atoms with van der Waals surface area (Å²) >= 11 is 0. The molecule has 0 fully saturated rings. The second kappa shape index (κ2) is 9.03. The molecule has 0 bridgehead atoms. The summed E-state index contributed by atoms with van der Waals surface area (Å²) in [5.74, 6) is -2.12. The molecule has 20 heavy (non-hydrogen) atoms. The Balaban J connectivity index is 4.05. The number of hydrogen-bond donors (Lipinski definition) is 2. The number of rotatable bonds is 8. The first-order valence-electron chi connectivity index (χ1n) is 6.14. The van der Waals surface area contributed by atoms with E-state index in [1.807, 2.05) is 0 Å². The average Bonchev–Trinajstić information content (AvgIpc) is 2.40. The minimum absolute atomic E-state index is 0.00162. The number of amides is 2. The van der Waals surface area contributed by atoms with Gasteiger partial charge in [0.15, 0.2) is 0 Å². The van der Waals surface area contributed by atoms with E-state index in [0.29, 0.717) is 0 Å². The summed E-state index contributed by atoms with van der Waals surface area (Å²) in [5.41, 5.74) is 5.05. The Morgan fingerprint density at radius 2 is 1.90 bits per heavy atom. The van der Waals surface area contributed by atoms with Gasteiger partial charge in [0, 0.05) is 7.05 Å². The molecule has 0 rings (SSSR count). The van der Waals surface area contributed by atoms with Crippen LogP contribution in [0.25, 0.3) is 0 Å². The third-order valence-corrected chi connectivity index (χ3v) is 2.41. The highest BCUT2D eigenvalue weighted by atomic mass is 16.5. The van der Waals surface area contributed by atoms with Crippen LogP contribution in [0, 0.1) is 5.92 Å². The van der Waals surface area contributed by atoms with Gasteiger partial charge >= 0.3 is 5.97 Å². The summed E-state index contributed by atoms with van der Waals surface area (Å²) in [6, 6.07) is 0. The first-order valence-corrected chi connectivity index (χ1v) is 6.14. The summed E-state index contributed by atoms with van der Waals surface area (Å²) in [7, 11) is 1.47. The van der Waals surface area contributed by atoms with E-state index >= 15 is 0 Å². The fourth-order valence-corrected chi connectivity index (χ4v) is 1.25. The molecule has 0 aromatic rings. The molecule has 1 atom stereocenters. The predicted octanol–water partition coefficient (Wildman–Crippen LogP) is -1.71. The van der Waals surface area contributed by atoms with Gasteiger partial charge in [0.1, 0.15) is 12.4 Å². The van der Waals surface area contributed by atoms with E-state index in [4.69, 9.17) is 10.5 Å². The summed E-state index contributed by atoms with van der Waals surface area (Å²) in [6.07, 6.45) is 0. The monoisotopic (exact) mass is 287 g/mol. The lowest BCUT2D eigenvalue weighted by molar-refractivity contribution is -0.145. The third kappa shape index (κ3) is 7.47. The van der Waals surface area contributed by atoms with Crippen molar-refractivity contribution in [3.63, 3.8) is 0 Å². The second-order valence-electron chi connectivity index (χ2n) is 4.46. The maximum absolute atomic E-state index is 11.6. The van der Waals surface area contributed by atoms with Gasteiger partial charge in [-0.3, -0.25) is 19.2 Å². The van der Waals surface area contributed by atoms with Crippen LogP contribution in [0.3, 0.4) is 0 Å². The number of likely N-dealkylation sites (N-methyl/N-ethyl adjacent to an activating group) is 1. The van der Waals surface area contributed by atoms with Gasteiger partial charge in [0.05, 0.1) is 25.6 Å². The van der Waals surface area contributed by atoms with Crippen molar-refractivity contribution < 1.29 is 23.9 Å². The van der Waals surface area contributed by atoms with E-state index in [0.717, 1.165) is 0 Å². The third-order valence-electron chi connectivity index (χ3n) is 2.41. The Morgan fingerprint density at radius 3 is 2.40 bits per heavy atom. The normalized spacial score (nSPS) is 11.4. The molecule has 0 heterocycles. The highest BCUT2D eigenvalue weighted by molar-refractivity contribution is 5.88. The van der Waals surface area contributed by atoms with Crippen LogP contribution >= 0.6 is 0 Å². The molecule has 0 saturated carbocycles. The molecule has 3 N–H and O–H groups in total. The van der Waals surface area contributed by atoms with E-state index in [2.05, 4.69) is 5.32 Å². The highest BCUT2D eigenvalue weighted by Gasteiger charge is 2.17. The van der Waals surface area contributed by atoms with Crippen LogP contribution < -0.4 is 11.1 Å². The van der Waals surface area contributed by atoms with Crippen molar-refractivity contribution in [3.05, 3.63) is 0 Å². The van der Waals surface area contributed by atoms with Gasteiger partial charge in [-0.15, -0.1) is 0 Å². The number of nitrogens with one attached hydrogen (secondary N) is 1. The molecular formula is C12H21N3O5. The topological polar surface area (TPSA) is 119 Å². The molecular weight excluding hydrogens is 266 g/mol. The number of carbonyl (C=O) groups excluding carboxylic acids is 4. The Labute approximate surface area is 117 Å². The van der Waals surface area contributed by atoms with E-state index in [9.17, 15) is 19.2 Å². The fraction of sp³-hybridized carbons (Fsp3) is 0.667. The van der Waals surface area contributed by atoms with Gasteiger partial charge in [-0.25, -0.2) is 0 Å². The van der Waals surface area contributed by atoms with Crippen LogP contribution in [0.5, 0.6) is 0 Å². The van der Waals surface area contributed by atoms with E-state index < -0.39 is 17.8 Å². The maximum atomic E-state index is 11.6. The van der Waals surface area contributed by atoms with Gasteiger partial charge in [-0.05, 0) is 6.92 Å². The Morgan fingerprint density at radius 1 is 1.30 bits per heavy atom. The summed E-state index contributed by atoms with van der Waals surface area (Å²) in [5, 5.41) is 2.41. The second-order valence-corrected chi connectivity index (χ2v) is 4.46. The van der Waals surface area contributed by atoms with Crippen molar-refractivity contribution in [1.82, 2.24) is 10.2 Å². The van der Waals surface area contributed by atoms with Crippen LogP contribution in [0.1, 0.15) is 13.8 Å². The zero-order valence-electron chi connectivity index (χ0n) is 12.0. The van der Waals surface area contributed by atoms with Gasteiger partial charge in [0.2, 0.25) is 11.8 Å². The first kappa shape index (κ1) is 18.0. The molecule has 0 aliphatic carbocycles. The summed E-state index contributed by atoms with van der Waals surface area (Å²) in [6.45, 7) is 2.37. The van der Waals surface area contributed by atoms with Crippen molar-refractivity contribution in [2.75, 3.05) is 33.3 Å². The summed E-state index contributed by atoms with van der Waals surface area (Å²) in [4.78, 5) is 46.1. The molecule has 0 saturated heterocycles. The molecule has 0 radical (unpaired) electrons. The van der Waals surface area contributed by atoms with Gasteiger partial charge in [0.25, 0.3) is 0 Å². The zero-order valence-corrected chi connectivity index (χ0v) is 12.0. The number of ether oxygens (including phenoxy) is 1. The largest absolute Gasteiger partial charge is 0.464 e. The lowest BCUT2D eigenvalue weighted by Gasteiger charge is -2.17. The minimum atomic E-state index is -0.595. The first-order chi connectivity index (χ1) is 9.27. The van der Waals surface area contributed by atoms with E-state index in [1.54, 1.807) is 6.92 Å². The SMILES string of the molecule is CC(=O)CN(C)C(=O)CNC(=O)[C@@H](C)COC(=O)CN. The Hall–Kier alpha value is -1.96. The quantitative estimate of drug-likeness (QED) is 0.513. The maximum Gasteiger partial charge on any atom is 0.319 e. The molecule has 0 spiro atoms. The van der Waals surface area contributed by atoms with E-state index in [1.165, 1.54) is 18.9 Å². The van der Waals surface area contributed by atoms with Crippen molar-refractivity contribution in [2.45, 2.75) is 13.8 Å². The highest BCUT2D eigenvalue weighted by Crippen LogP contribution is 1.96. The fourth-order valence-electron chi connectivity index (χ4n) is 1.25. The molecule has 0 aliphatic heterocycles. The van der Waals surface area contributed by atoms with Crippen LogP contribution in [-0.4, -0.2) is 61.8 Å². The van der Waals surface area contributed by atoms with Crippen LogP contribution in [0.4, 0.5) is 0 Å². The van der Waals surface area contributed by atoms with Gasteiger partial charge in [-0.1, -0.05) is 6.92 Å². The van der Waals surface area contributed by atoms with Crippen molar-refractivity contribution in [3.8, 4) is 0 Å². The number of ketones is 1. The predicted molar refractivity (Wildman–Crippen MR) is 70.5 cm³/mol. The number of Topliss-reactive ketones (excluding diaryl/α,β-unsaturated/α-hetero) is 1. The molecule has 8 nitrogen and oxygen atoms in total. The molecule has 0 aliphatic rings. The van der Waals surface area contributed by atoms with Gasteiger partial charge in [-0.2, -0.15) is 0 Å². The van der Waals surface area contributed by atoms with E-state index in [-0.39, 0.29) is 37.9 Å². The minimum Gasteiger partial charge on any atom is -0.464 e. The molecule has 2 amide bonds. The molecule has 0 aromatic heterocycles. The Bertz CT molecular complexity index is 383. The van der Waals surface area contributed by atoms with Crippen LogP contribution in [0.2, 0.25) is 0 Å². The van der Waals surface area contributed by atoms with Crippen LogP contribution in [0.15, 0.2) is 0 Å². The lowest BCUT2D eigenvalue weighted by atomic mass is 10.2. The van der Waals surface area contributed by atoms with Crippen molar-refractivity contribution >= 4 is 23.6 Å². The number of nitrogens with zero attached hydrogens (tertiary/aromatic N) is 1. The Kier molecular flexibility index (Phi) is 8.14. The molecule has 8 heteroatoms. The smallest absolute Gasteiger partial charge is 0.319 e. The standard InChI is InChI=1S/C12H21N3O5/c1-8(7-20-11(18)4-13)12(19)14-5-10(17)15(3)6-9(2)16/h8H,4-7,13H2,1-3H3,(H,14,19)/t8-/m0/s1. The van der Waals surface area contributed by atoms with Crippen molar-refractivity contribution in [2.24, 2.45) is 11.7 Å². The molecule has 0 unspecified atom stereocenters. The molecule has 114 valence electrons. The van der Waals surface area contributed by atoms with Crippen molar-refractivity contribution in [1.29, 1.82) is 0 Å². The number of esters is 1. The lowest BCUT2D eigenvalue weighted by Crippen LogP contribution is -2.42.